The van der Waals surface area contributed by atoms with Gasteiger partial charge < -0.3 is 5.32 Å². The van der Waals surface area contributed by atoms with Gasteiger partial charge in [0.15, 0.2) is 0 Å². The smallest absolute Gasteiger partial charge is 0.0900 e. The van der Waals surface area contributed by atoms with Crippen molar-refractivity contribution in [3.05, 3.63) is 170 Å². The maximum atomic E-state index is 5.22. The number of pyridine rings is 3. The van der Waals surface area contributed by atoms with E-state index in [4.69, 9.17) is 15.0 Å². The quantitative estimate of drug-likeness (QED) is 0.185. The standard InChI is InChI=1S/C46H30N4S/c1-3-12-29(13-4-1)32-27-41(39-18-9-10-25-47-39)49-42(28-32)40-20-11-19-37(48-40)31-21-24-43-36(26-31)33-22-23-35-44(46(33)51-43)34-16-7-8-17-38(34)50-45(35)30-14-5-2-6-15-30/h1-24,26-28,47H,25H2. The minimum Gasteiger partial charge on any atom is -0.380 e. The highest BCUT2D eigenvalue weighted by atomic mass is 32.1. The van der Waals surface area contributed by atoms with E-state index < -0.39 is 0 Å². The lowest BCUT2D eigenvalue weighted by atomic mass is 9.97. The monoisotopic (exact) mass is 670 g/mol. The Balaban J connectivity index is 1.12. The number of fused-ring (bicyclic) bond motifs is 7. The van der Waals surface area contributed by atoms with Gasteiger partial charge in [-0.1, -0.05) is 115 Å². The first kappa shape index (κ1) is 29.5. The maximum Gasteiger partial charge on any atom is 0.0900 e. The fourth-order valence-corrected chi connectivity index (χ4v) is 8.46. The molecule has 0 radical (unpaired) electrons. The summed E-state index contributed by atoms with van der Waals surface area (Å²) in [6.07, 6.45) is 6.27. The van der Waals surface area contributed by atoms with Gasteiger partial charge in [0, 0.05) is 54.0 Å². The molecular formula is C46H30N4S. The number of benzene rings is 5. The van der Waals surface area contributed by atoms with Crippen LogP contribution in [0.15, 0.2) is 164 Å². The van der Waals surface area contributed by atoms with E-state index in [2.05, 4.69) is 163 Å². The molecule has 0 unspecified atom stereocenters. The molecule has 0 spiro atoms. The molecule has 0 fully saturated rings. The maximum absolute atomic E-state index is 5.22. The van der Waals surface area contributed by atoms with Crippen molar-refractivity contribution < 1.29 is 0 Å². The van der Waals surface area contributed by atoms with Crippen molar-refractivity contribution in [3.8, 4) is 45.0 Å². The molecule has 240 valence electrons. The van der Waals surface area contributed by atoms with Crippen molar-refractivity contribution >= 4 is 58.9 Å². The third-order valence-corrected chi connectivity index (χ3v) is 10.9. The van der Waals surface area contributed by atoms with Gasteiger partial charge >= 0.3 is 0 Å². The number of hydrogen-bond acceptors (Lipinski definition) is 5. The highest BCUT2D eigenvalue weighted by Crippen LogP contribution is 2.44. The highest BCUT2D eigenvalue weighted by molar-refractivity contribution is 7.26. The van der Waals surface area contributed by atoms with Gasteiger partial charge in [0.1, 0.15) is 0 Å². The molecule has 4 aromatic heterocycles. The molecule has 0 saturated heterocycles. The van der Waals surface area contributed by atoms with Gasteiger partial charge in [-0.05, 0) is 59.7 Å². The summed E-state index contributed by atoms with van der Waals surface area (Å²) in [5.41, 5.74) is 11.0. The zero-order chi connectivity index (χ0) is 33.7. The Morgan fingerprint density at radius 2 is 1.24 bits per heavy atom. The van der Waals surface area contributed by atoms with E-state index in [-0.39, 0.29) is 0 Å². The van der Waals surface area contributed by atoms with Gasteiger partial charge in [0.25, 0.3) is 0 Å². The number of nitrogens with one attached hydrogen (secondary N) is 1. The fraction of sp³-hybridized carbons (Fsp3) is 0.0217. The Morgan fingerprint density at radius 1 is 0.490 bits per heavy atom. The zero-order valence-electron chi connectivity index (χ0n) is 27.5. The molecule has 4 nitrogen and oxygen atoms in total. The lowest BCUT2D eigenvalue weighted by Crippen LogP contribution is -2.15. The molecule has 0 aliphatic carbocycles. The van der Waals surface area contributed by atoms with E-state index in [1.165, 1.54) is 36.3 Å². The first-order valence-electron chi connectivity index (χ1n) is 17.2. The van der Waals surface area contributed by atoms with Crippen molar-refractivity contribution in [3.63, 3.8) is 0 Å². The Labute approximate surface area is 299 Å². The second-order valence-electron chi connectivity index (χ2n) is 12.8. The van der Waals surface area contributed by atoms with E-state index in [0.717, 1.165) is 68.5 Å². The van der Waals surface area contributed by atoms with Crippen LogP contribution in [0.1, 0.15) is 5.69 Å². The van der Waals surface area contributed by atoms with Crippen LogP contribution in [0.5, 0.6) is 0 Å². The molecule has 1 N–H and O–H groups in total. The summed E-state index contributed by atoms with van der Waals surface area (Å²) in [5, 5.41) is 9.58. The first-order chi connectivity index (χ1) is 25.3. The van der Waals surface area contributed by atoms with E-state index >= 15 is 0 Å². The summed E-state index contributed by atoms with van der Waals surface area (Å²) < 4.78 is 2.54. The number of thiophene rings is 1. The van der Waals surface area contributed by atoms with Crippen LogP contribution in [-0.4, -0.2) is 21.5 Å². The highest BCUT2D eigenvalue weighted by Gasteiger charge is 2.17. The van der Waals surface area contributed by atoms with Crippen LogP contribution in [-0.2, 0) is 0 Å². The molecule has 10 rings (SSSR count). The molecule has 5 heterocycles. The van der Waals surface area contributed by atoms with Gasteiger partial charge in [0.2, 0.25) is 0 Å². The first-order valence-corrected chi connectivity index (χ1v) is 18.0. The average Bonchev–Trinajstić information content (AvgIpc) is 3.59. The second kappa shape index (κ2) is 12.2. The minimum absolute atomic E-state index is 0.781. The topological polar surface area (TPSA) is 50.7 Å². The van der Waals surface area contributed by atoms with E-state index in [0.29, 0.717) is 0 Å². The van der Waals surface area contributed by atoms with Crippen molar-refractivity contribution in [2.24, 2.45) is 0 Å². The largest absolute Gasteiger partial charge is 0.380 e. The lowest BCUT2D eigenvalue weighted by Gasteiger charge is -2.15. The number of rotatable bonds is 5. The van der Waals surface area contributed by atoms with E-state index in [1.807, 2.05) is 17.4 Å². The number of nitrogens with zero attached hydrogens (tertiary/aromatic N) is 3. The molecular weight excluding hydrogens is 641 g/mol. The van der Waals surface area contributed by atoms with Crippen molar-refractivity contribution in [2.75, 3.05) is 6.54 Å². The van der Waals surface area contributed by atoms with Gasteiger partial charge in [-0.15, -0.1) is 11.3 Å². The summed E-state index contributed by atoms with van der Waals surface area (Å²) in [6, 6.07) is 51.3. The lowest BCUT2D eigenvalue weighted by molar-refractivity contribution is 0.981. The number of para-hydroxylation sites is 1. The Hall–Kier alpha value is -6.43. The number of aromatic nitrogens is 3. The van der Waals surface area contributed by atoms with Crippen LogP contribution < -0.4 is 5.32 Å². The SMILES string of the molecule is C1=CCNC(c2cc(-c3ccccc3)cc(-c3cccc(-c4ccc5sc6c(ccc7c(-c8ccccc8)nc8ccccc8c76)c5c4)n3)n2)=C1. The minimum atomic E-state index is 0.781. The molecule has 9 aromatic rings. The van der Waals surface area contributed by atoms with E-state index in [9.17, 15) is 0 Å². The fourth-order valence-electron chi connectivity index (χ4n) is 7.21. The number of dihydropyridines is 1. The van der Waals surface area contributed by atoms with Gasteiger partial charge in [0.05, 0.1) is 39.7 Å². The van der Waals surface area contributed by atoms with Crippen LogP contribution in [0.4, 0.5) is 0 Å². The third-order valence-electron chi connectivity index (χ3n) is 9.67. The Bertz CT molecular complexity index is 2850. The predicted octanol–water partition coefficient (Wildman–Crippen LogP) is 11.7. The summed E-state index contributed by atoms with van der Waals surface area (Å²) in [6.45, 7) is 0.781. The molecule has 0 atom stereocenters. The zero-order valence-corrected chi connectivity index (χ0v) is 28.4. The molecule has 1 aliphatic rings. The summed E-state index contributed by atoms with van der Waals surface area (Å²) in [5.74, 6) is 0. The molecule has 5 aromatic carbocycles. The van der Waals surface area contributed by atoms with Gasteiger partial charge in [-0.2, -0.15) is 0 Å². The predicted molar refractivity (Wildman–Crippen MR) is 215 cm³/mol. The van der Waals surface area contributed by atoms with Crippen molar-refractivity contribution in [2.45, 2.75) is 0 Å². The van der Waals surface area contributed by atoms with Crippen LogP contribution in [0.2, 0.25) is 0 Å². The number of allylic oxidation sites excluding steroid dienone is 2. The van der Waals surface area contributed by atoms with Crippen LogP contribution in [0.25, 0.3) is 92.6 Å². The molecule has 51 heavy (non-hydrogen) atoms. The molecule has 1 aliphatic heterocycles. The third kappa shape index (κ3) is 5.18. The van der Waals surface area contributed by atoms with Crippen molar-refractivity contribution in [1.82, 2.24) is 20.3 Å². The average molecular weight is 671 g/mol. The number of hydrogen-bond donors (Lipinski definition) is 1. The van der Waals surface area contributed by atoms with Gasteiger partial charge in [-0.3, -0.25) is 0 Å². The Morgan fingerprint density at radius 3 is 2.08 bits per heavy atom. The van der Waals surface area contributed by atoms with E-state index in [1.54, 1.807) is 0 Å². The Kier molecular flexibility index (Phi) is 7.03. The molecule has 0 bridgehead atoms. The molecule has 0 amide bonds. The van der Waals surface area contributed by atoms with Crippen LogP contribution in [0, 0.1) is 0 Å². The summed E-state index contributed by atoms with van der Waals surface area (Å²) in [7, 11) is 0. The van der Waals surface area contributed by atoms with Crippen LogP contribution in [0.3, 0.4) is 0 Å². The summed E-state index contributed by atoms with van der Waals surface area (Å²) in [4.78, 5) is 15.5. The van der Waals surface area contributed by atoms with Crippen molar-refractivity contribution in [1.29, 1.82) is 0 Å². The second-order valence-corrected chi connectivity index (χ2v) is 13.9. The molecule has 5 heteroatoms. The van der Waals surface area contributed by atoms with Crippen LogP contribution >= 0.6 is 11.3 Å². The van der Waals surface area contributed by atoms with Gasteiger partial charge in [-0.25, -0.2) is 15.0 Å². The molecule has 0 saturated carbocycles. The summed E-state index contributed by atoms with van der Waals surface area (Å²) >= 11 is 1.85. The normalized spacial score (nSPS) is 12.8.